The van der Waals surface area contributed by atoms with Crippen molar-refractivity contribution in [1.82, 2.24) is 15.5 Å². The molecule has 0 unspecified atom stereocenters. The Labute approximate surface area is 155 Å². The Morgan fingerprint density at radius 3 is 2.59 bits per heavy atom. The molecule has 0 aliphatic heterocycles. The zero-order chi connectivity index (χ0) is 19.1. The molecule has 1 N–H and O–H groups in total. The molecule has 0 radical (unpaired) electrons. The molecule has 0 saturated heterocycles. The number of nitrogens with zero attached hydrogens (tertiary/aromatic N) is 3. The molecule has 0 atom stereocenters. The Bertz CT molecular complexity index is 924. The lowest BCUT2D eigenvalue weighted by atomic mass is 10.1. The van der Waals surface area contributed by atoms with Gasteiger partial charge >= 0.3 is 0 Å². The van der Waals surface area contributed by atoms with Crippen molar-refractivity contribution < 1.29 is 14.1 Å². The van der Waals surface area contributed by atoms with Gasteiger partial charge in [-0.2, -0.15) is 0 Å². The number of aryl methyl sites for hydroxylation is 1. The molecular formula is C19H18N4O4. The van der Waals surface area contributed by atoms with E-state index in [0.717, 1.165) is 5.56 Å². The van der Waals surface area contributed by atoms with E-state index in [2.05, 4.69) is 15.5 Å². The summed E-state index contributed by atoms with van der Waals surface area (Å²) in [7, 11) is 0. The maximum Gasteiger partial charge on any atom is 0.274 e. The average molecular weight is 366 g/mol. The summed E-state index contributed by atoms with van der Waals surface area (Å²) in [5.41, 5.74) is 1.32. The van der Waals surface area contributed by atoms with Gasteiger partial charge in [-0.25, -0.2) is 0 Å². The highest BCUT2D eigenvalue weighted by atomic mass is 16.6. The molecule has 1 aromatic heterocycles. The maximum absolute atomic E-state index is 12.0. The van der Waals surface area contributed by atoms with Gasteiger partial charge in [-0.05, 0) is 18.6 Å². The number of nitrogens with one attached hydrogen (secondary N) is 1. The molecule has 2 aromatic carbocycles. The van der Waals surface area contributed by atoms with Crippen LogP contribution in [0.5, 0.6) is 0 Å². The highest BCUT2D eigenvalue weighted by molar-refractivity contribution is 5.76. The lowest BCUT2D eigenvalue weighted by Gasteiger charge is -2.05. The molecule has 3 aromatic rings. The molecule has 0 aliphatic rings. The average Bonchev–Trinajstić information content (AvgIpc) is 3.16. The molecule has 1 heterocycles. The maximum atomic E-state index is 12.0. The summed E-state index contributed by atoms with van der Waals surface area (Å²) in [5, 5.41) is 21.7. The van der Waals surface area contributed by atoms with Crippen LogP contribution in [0.15, 0.2) is 59.0 Å². The lowest BCUT2D eigenvalue weighted by Crippen LogP contribution is -2.23. The van der Waals surface area contributed by atoms with Crippen molar-refractivity contribution in [2.75, 3.05) is 0 Å². The minimum atomic E-state index is -0.457. The quantitative estimate of drug-likeness (QED) is 0.484. The molecule has 8 nitrogen and oxygen atoms in total. The van der Waals surface area contributed by atoms with Crippen LogP contribution in [0.4, 0.5) is 5.69 Å². The normalized spacial score (nSPS) is 10.5. The van der Waals surface area contributed by atoms with Crippen LogP contribution >= 0.6 is 0 Å². The molecular weight excluding hydrogens is 348 g/mol. The number of hydrogen-bond donors (Lipinski definition) is 1. The molecule has 138 valence electrons. The van der Waals surface area contributed by atoms with Gasteiger partial charge in [-0.1, -0.05) is 36.4 Å². The van der Waals surface area contributed by atoms with Crippen LogP contribution in [0.2, 0.25) is 0 Å². The van der Waals surface area contributed by atoms with Crippen molar-refractivity contribution in [3.63, 3.8) is 0 Å². The van der Waals surface area contributed by atoms with Crippen LogP contribution in [0.3, 0.4) is 0 Å². The van der Waals surface area contributed by atoms with Gasteiger partial charge in [0.25, 0.3) is 5.69 Å². The van der Waals surface area contributed by atoms with Gasteiger partial charge in [0.2, 0.25) is 17.7 Å². The van der Waals surface area contributed by atoms with E-state index in [9.17, 15) is 14.9 Å². The van der Waals surface area contributed by atoms with Gasteiger partial charge in [0.1, 0.15) is 0 Å². The predicted octanol–water partition coefficient (Wildman–Crippen LogP) is 3.28. The summed E-state index contributed by atoms with van der Waals surface area (Å²) in [4.78, 5) is 22.5. The molecule has 27 heavy (non-hydrogen) atoms. The standard InChI is InChI=1S/C19H18N4O4/c24-17(20-13-15-9-4-5-10-16(15)23(25)26)11-6-12-18-21-22-19(27-18)14-7-2-1-3-8-14/h1-5,7-10H,6,11-13H2,(H,20,24). The Balaban J connectivity index is 1.45. The van der Waals surface area contributed by atoms with Crippen LogP contribution in [-0.2, 0) is 17.8 Å². The number of rotatable bonds is 8. The van der Waals surface area contributed by atoms with Gasteiger partial charge in [-0.3, -0.25) is 14.9 Å². The molecule has 0 aliphatic carbocycles. The third kappa shape index (κ3) is 4.97. The summed E-state index contributed by atoms with van der Waals surface area (Å²) in [5.74, 6) is 0.739. The van der Waals surface area contributed by atoms with Crippen molar-refractivity contribution in [2.24, 2.45) is 0 Å². The Kier molecular flexibility index (Phi) is 5.88. The number of amides is 1. The Morgan fingerprint density at radius 1 is 1.07 bits per heavy atom. The number of benzene rings is 2. The van der Waals surface area contributed by atoms with Crippen molar-refractivity contribution >= 4 is 11.6 Å². The van der Waals surface area contributed by atoms with Crippen LogP contribution in [0, 0.1) is 10.1 Å². The fourth-order valence-electron chi connectivity index (χ4n) is 2.57. The van der Waals surface area contributed by atoms with Gasteiger partial charge in [-0.15, -0.1) is 10.2 Å². The largest absolute Gasteiger partial charge is 0.421 e. The summed E-state index contributed by atoms with van der Waals surface area (Å²) in [6, 6.07) is 15.8. The number of para-hydroxylation sites is 1. The number of nitro benzene ring substituents is 1. The zero-order valence-electron chi connectivity index (χ0n) is 14.5. The summed E-state index contributed by atoms with van der Waals surface area (Å²) in [6.45, 7) is 0.120. The molecule has 1 amide bonds. The molecule has 0 saturated carbocycles. The van der Waals surface area contributed by atoms with E-state index in [-0.39, 0.29) is 24.6 Å². The summed E-state index contributed by atoms with van der Waals surface area (Å²) in [6.07, 6.45) is 1.29. The van der Waals surface area contributed by atoms with E-state index in [1.54, 1.807) is 18.2 Å². The third-order valence-corrected chi connectivity index (χ3v) is 3.95. The highest BCUT2D eigenvalue weighted by Gasteiger charge is 2.13. The third-order valence-electron chi connectivity index (χ3n) is 3.95. The smallest absolute Gasteiger partial charge is 0.274 e. The van der Waals surface area contributed by atoms with Gasteiger partial charge in [0, 0.05) is 36.6 Å². The second-order valence-electron chi connectivity index (χ2n) is 5.88. The fourth-order valence-corrected chi connectivity index (χ4v) is 2.57. The van der Waals surface area contributed by atoms with Crippen LogP contribution in [-0.4, -0.2) is 21.0 Å². The van der Waals surface area contributed by atoms with E-state index in [1.807, 2.05) is 30.3 Å². The predicted molar refractivity (Wildman–Crippen MR) is 97.6 cm³/mol. The fraction of sp³-hybridized carbons (Fsp3) is 0.211. The minimum Gasteiger partial charge on any atom is -0.421 e. The number of nitro groups is 1. The van der Waals surface area contributed by atoms with Crippen molar-refractivity contribution in [3.8, 4) is 11.5 Å². The van der Waals surface area contributed by atoms with E-state index >= 15 is 0 Å². The van der Waals surface area contributed by atoms with E-state index < -0.39 is 4.92 Å². The Hall–Kier alpha value is -3.55. The van der Waals surface area contributed by atoms with E-state index in [4.69, 9.17) is 4.42 Å². The monoisotopic (exact) mass is 366 g/mol. The van der Waals surface area contributed by atoms with E-state index in [0.29, 0.717) is 30.2 Å². The first-order valence-corrected chi connectivity index (χ1v) is 8.50. The first-order valence-electron chi connectivity index (χ1n) is 8.50. The minimum absolute atomic E-state index is 0.00268. The number of carbonyl (C=O) groups excluding carboxylic acids is 1. The molecule has 0 fully saturated rings. The number of hydrogen-bond acceptors (Lipinski definition) is 6. The molecule has 0 bridgehead atoms. The summed E-state index contributed by atoms with van der Waals surface area (Å²) >= 11 is 0. The molecule has 0 spiro atoms. The SMILES string of the molecule is O=C(CCCc1nnc(-c2ccccc2)o1)NCc1ccccc1[N+](=O)[O-]. The van der Waals surface area contributed by atoms with Gasteiger partial charge < -0.3 is 9.73 Å². The number of carbonyl (C=O) groups is 1. The zero-order valence-corrected chi connectivity index (χ0v) is 14.5. The van der Waals surface area contributed by atoms with Gasteiger partial charge in [0.15, 0.2) is 0 Å². The number of aromatic nitrogens is 2. The van der Waals surface area contributed by atoms with Crippen molar-refractivity contribution in [1.29, 1.82) is 0 Å². The van der Waals surface area contributed by atoms with Gasteiger partial charge in [0.05, 0.1) is 4.92 Å². The van der Waals surface area contributed by atoms with Crippen molar-refractivity contribution in [3.05, 3.63) is 76.2 Å². The Morgan fingerprint density at radius 2 is 1.81 bits per heavy atom. The van der Waals surface area contributed by atoms with Crippen LogP contribution < -0.4 is 5.32 Å². The first kappa shape index (κ1) is 18.2. The topological polar surface area (TPSA) is 111 Å². The molecule has 8 heteroatoms. The lowest BCUT2D eigenvalue weighted by molar-refractivity contribution is -0.385. The summed E-state index contributed by atoms with van der Waals surface area (Å²) < 4.78 is 5.59. The second-order valence-corrected chi connectivity index (χ2v) is 5.88. The first-order chi connectivity index (χ1) is 13.1. The van der Waals surface area contributed by atoms with Crippen LogP contribution in [0.1, 0.15) is 24.3 Å². The van der Waals surface area contributed by atoms with E-state index in [1.165, 1.54) is 6.07 Å². The van der Waals surface area contributed by atoms with Crippen molar-refractivity contribution in [2.45, 2.75) is 25.8 Å². The van der Waals surface area contributed by atoms with Crippen LogP contribution in [0.25, 0.3) is 11.5 Å². The molecule has 3 rings (SSSR count). The second kappa shape index (κ2) is 8.70. The highest BCUT2D eigenvalue weighted by Crippen LogP contribution is 2.18.